The van der Waals surface area contributed by atoms with Crippen LogP contribution in [0.5, 0.6) is 0 Å². The van der Waals surface area contributed by atoms with Crippen LogP contribution in [0.1, 0.15) is 104 Å². The molecule has 0 heterocycles. The zero-order chi connectivity index (χ0) is 21.3. The molecule has 1 unspecified atom stereocenters. The third kappa shape index (κ3) is 5.75. The zero-order valence-electron chi connectivity index (χ0n) is 19.7. The summed E-state index contributed by atoms with van der Waals surface area (Å²) in [4.78, 5) is 13.8. The molecule has 0 amide bonds. The summed E-state index contributed by atoms with van der Waals surface area (Å²) in [6.45, 7) is 6.35. The fourth-order valence-electron chi connectivity index (χ4n) is 5.81. The van der Waals surface area contributed by atoms with E-state index in [0.29, 0.717) is 17.5 Å². The summed E-state index contributed by atoms with van der Waals surface area (Å²) >= 11 is 0. The summed E-state index contributed by atoms with van der Waals surface area (Å²) in [5.74, 6) is -0.0152. The fourth-order valence-corrected chi connectivity index (χ4v) is 13.5. The first-order valence-corrected chi connectivity index (χ1v) is 15.8. The van der Waals surface area contributed by atoms with Crippen LogP contribution in [-0.4, -0.2) is 37.8 Å². The van der Waals surface area contributed by atoms with Crippen molar-refractivity contribution in [1.82, 2.24) is 0 Å². The van der Waals surface area contributed by atoms with Gasteiger partial charge in [-0.25, -0.2) is 0 Å². The predicted octanol–water partition coefficient (Wildman–Crippen LogP) is 6.90. The van der Waals surface area contributed by atoms with Gasteiger partial charge in [0.05, 0.1) is 0 Å². The van der Waals surface area contributed by atoms with Gasteiger partial charge in [0.15, 0.2) is 0 Å². The van der Waals surface area contributed by atoms with Crippen molar-refractivity contribution >= 4 is 23.6 Å². The largest absolute Gasteiger partial charge is 0.518 e. The summed E-state index contributed by atoms with van der Waals surface area (Å²) in [5.41, 5.74) is 1.33. The molecule has 0 saturated heterocycles. The highest BCUT2D eigenvalue weighted by molar-refractivity contribution is 6.78. The summed E-state index contributed by atoms with van der Waals surface area (Å²) in [6.07, 6.45) is 16.1. The first-order chi connectivity index (χ1) is 14.0. The van der Waals surface area contributed by atoms with Gasteiger partial charge in [-0.3, -0.25) is 4.79 Å². The second-order valence-corrected chi connectivity index (χ2v) is 16.2. The van der Waals surface area contributed by atoms with Crippen LogP contribution in [0.2, 0.25) is 22.2 Å². The molecule has 2 aliphatic rings. The minimum Gasteiger partial charge on any atom is -0.518 e. The molecule has 0 spiro atoms. The van der Waals surface area contributed by atoms with Gasteiger partial charge in [0.1, 0.15) is 5.04 Å². The number of hydrogen-bond acceptors (Lipinski definition) is 4. The highest BCUT2D eigenvalue weighted by Gasteiger charge is 2.56. The van der Waals surface area contributed by atoms with Crippen molar-refractivity contribution in [2.24, 2.45) is 0 Å². The molecule has 2 rings (SSSR count). The van der Waals surface area contributed by atoms with E-state index >= 15 is 0 Å². The van der Waals surface area contributed by atoms with Gasteiger partial charge < -0.3 is 13.3 Å². The van der Waals surface area contributed by atoms with Gasteiger partial charge in [0.25, 0.3) is 14.3 Å². The Morgan fingerprint density at radius 1 is 0.931 bits per heavy atom. The van der Waals surface area contributed by atoms with E-state index in [1.54, 1.807) is 14.2 Å². The van der Waals surface area contributed by atoms with Gasteiger partial charge in [0, 0.05) is 14.2 Å². The zero-order valence-corrected chi connectivity index (χ0v) is 21.7. The Kier molecular flexibility index (Phi) is 10.4. The van der Waals surface area contributed by atoms with Gasteiger partial charge in [0.2, 0.25) is 0 Å². The molecule has 0 N–H and O–H groups in total. The smallest absolute Gasteiger partial charge is 0.402 e. The van der Waals surface area contributed by atoms with Crippen LogP contribution >= 0.6 is 0 Å². The van der Waals surface area contributed by atoms with Crippen molar-refractivity contribution < 1.29 is 18.1 Å². The van der Waals surface area contributed by atoms with Crippen molar-refractivity contribution in [3.05, 3.63) is 0 Å². The molecule has 1 radical (unpaired) electrons. The van der Waals surface area contributed by atoms with E-state index in [1.165, 1.54) is 83.1 Å². The maximum Gasteiger partial charge on any atom is 0.402 e. The van der Waals surface area contributed by atoms with E-state index < -0.39 is 22.6 Å². The predicted molar refractivity (Wildman–Crippen MR) is 124 cm³/mol. The molecular formula is C23H45O4Si2. The minimum atomic E-state index is -2.18. The van der Waals surface area contributed by atoms with E-state index in [2.05, 4.69) is 13.8 Å². The lowest BCUT2D eigenvalue weighted by atomic mass is 10.1. The summed E-state index contributed by atoms with van der Waals surface area (Å²) < 4.78 is 18.2. The SMILES string of the molecule is CCCCCC[Si](OC(=O)C(C)(CC)[Si](OC)OC)(C1CCCC1)C1CCCC1. The van der Waals surface area contributed by atoms with Gasteiger partial charge in [-0.1, -0.05) is 65.2 Å². The maximum absolute atomic E-state index is 13.8. The lowest BCUT2D eigenvalue weighted by molar-refractivity contribution is -0.139. The Bertz CT molecular complexity index is 469. The average Bonchev–Trinajstić information content (AvgIpc) is 3.45. The van der Waals surface area contributed by atoms with Crippen LogP contribution < -0.4 is 0 Å². The van der Waals surface area contributed by atoms with Crippen LogP contribution in [-0.2, 0) is 18.1 Å². The molecule has 169 valence electrons. The average molecular weight is 442 g/mol. The minimum absolute atomic E-state index is 0.0152. The van der Waals surface area contributed by atoms with Crippen LogP contribution in [0.4, 0.5) is 0 Å². The van der Waals surface area contributed by atoms with Crippen molar-refractivity contribution in [2.45, 2.75) is 126 Å². The Morgan fingerprint density at radius 3 is 1.86 bits per heavy atom. The molecule has 2 fully saturated rings. The Labute approximate surface area is 182 Å². The van der Waals surface area contributed by atoms with Crippen LogP contribution in [0.25, 0.3) is 0 Å². The highest BCUT2D eigenvalue weighted by atomic mass is 28.4. The first kappa shape index (κ1) is 25.1. The van der Waals surface area contributed by atoms with E-state index in [4.69, 9.17) is 13.3 Å². The van der Waals surface area contributed by atoms with Crippen molar-refractivity contribution in [1.29, 1.82) is 0 Å². The molecule has 0 aliphatic heterocycles. The molecule has 6 heteroatoms. The summed E-state index contributed by atoms with van der Waals surface area (Å²) in [6, 6.07) is 1.18. The number of carbonyl (C=O) groups excluding carboxylic acids is 1. The quantitative estimate of drug-likeness (QED) is 0.230. The maximum atomic E-state index is 13.8. The van der Waals surface area contributed by atoms with E-state index in [-0.39, 0.29) is 5.97 Å². The number of hydrogen-bond donors (Lipinski definition) is 0. The number of carbonyl (C=O) groups is 1. The summed E-state index contributed by atoms with van der Waals surface area (Å²) in [5, 5.41) is -0.646. The third-order valence-corrected chi connectivity index (χ3v) is 15.6. The van der Waals surface area contributed by atoms with E-state index in [1.807, 2.05) is 6.92 Å². The molecule has 29 heavy (non-hydrogen) atoms. The molecule has 1 atom stereocenters. The molecule has 4 nitrogen and oxygen atoms in total. The Morgan fingerprint density at radius 2 is 1.45 bits per heavy atom. The van der Waals surface area contributed by atoms with Gasteiger partial charge >= 0.3 is 9.28 Å². The van der Waals surface area contributed by atoms with Crippen molar-refractivity contribution in [2.75, 3.05) is 14.2 Å². The van der Waals surface area contributed by atoms with Crippen LogP contribution in [0.15, 0.2) is 0 Å². The van der Waals surface area contributed by atoms with Crippen LogP contribution in [0.3, 0.4) is 0 Å². The first-order valence-electron chi connectivity index (χ1n) is 12.2. The molecule has 0 bridgehead atoms. The van der Waals surface area contributed by atoms with Crippen molar-refractivity contribution in [3.63, 3.8) is 0 Å². The highest BCUT2D eigenvalue weighted by Crippen LogP contribution is 2.54. The Balaban J connectivity index is 2.32. The fraction of sp³-hybridized carbons (Fsp3) is 0.957. The molecule has 2 saturated carbocycles. The third-order valence-electron chi connectivity index (χ3n) is 7.78. The lowest BCUT2D eigenvalue weighted by Gasteiger charge is -2.43. The number of rotatable bonds is 13. The van der Waals surface area contributed by atoms with Gasteiger partial charge in [-0.15, -0.1) is 0 Å². The molecule has 0 aromatic heterocycles. The second-order valence-electron chi connectivity index (χ2n) is 9.50. The Hall–Kier alpha value is -0.176. The normalized spacial score (nSPS) is 21.0. The molecule has 0 aromatic carbocycles. The van der Waals surface area contributed by atoms with Gasteiger partial charge in [-0.2, -0.15) is 0 Å². The van der Waals surface area contributed by atoms with Crippen LogP contribution in [0, 0.1) is 0 Å². The molecule has 0 aromatic rings. The monoisotopic (exact) mass is 441 g/mol. The lowest BCUT2D eigenvalue weighted by Crippen LogP contribution is -2.52. The molecule has 2 aliphatic carbocycles. The topological polar surface area (TPSA) is 44.8 Å². The molecular weight excluding hydrogens is 396 g/mol. The second kappa shape index (κ2) is 12.0. The van der Waals surface area contributed by atoms with E-state index in [0.717, 1.165) is 0 Å². The summed E-state index contributed by atoms with van der Waals surface area (Å²) in [7, 11) is -0.555. The van der Waals surface area contributed by atoms with E-state index in [9.17, 15) is 4.79 Å². The standard InChI is InChI=1S/C23H45O4Si2/c1-6-8-9-14-19-29(20-15-10-11-16-20,21-17-12-13-18-21)27-22(24)23(3,7-2)28(25-4)26-5/h20-21H,6-19H2,1-5H3. The number of unbranched alkanes of at least 4 members (excludes halogenated alkanes) is 3. The van der Waals surface area contributed by atoms with Gasteiger partial charge in [-0.05, 0) is 56.2 Å². The van der Waals surface area contributed by atoms with Crippen molar-refractivity contribution in [3.8, 4) is 0 Å².